The number of imidazole rings is 1. The van der Waals surface area contributed by atoms with Crippen LogP contribution in [-0.2, 0) is 16.6 Å². The Morgan fingerprint density at radius 1 is 1.29 bits per heavy atom. The number of guanidine groups is 1. The Bertz CT molecular complexity index is 704. The minimum atomic E-state index is -5.24. The predicted molar refractivity (Wildman–Crippen MR) is 111 cm³/mol. The first-order chi connectivity index (χ1) is 12.7. The van der Waals surface area contributed by atoms with Crippen molar-refractivity contribution in [3.8, 4) is 0 Å². The highest BCUT2D eigenvalue weighted by molar-refractivity contribution is 14.0. The molecule has 28 heavy (non-hydrogen) atoms. The zero-order valence-corrected chi connectivity index (χ0v) is 18.7. The molecule has 0 aliphatic carbocycles. The van der Waals surface area contributed by atoms with Gasteiger partial charge in [-0.05, 0) is 25.2 Å². The van der Waals surface area contributed by atoms with Crippen LogP contribution in [0.3, 0.4) is 0 Å². The number of alkyl halides is 3. The van der Waals surface area contributed by atoms with Gasteiger partial charge in [0, 0.05) is 52.2 Å². The van der Waals surface area contributed by atoms with E-state index in [1.54, 1.807) is 19.6 Å². The first-order valence-corrected chi connectivity index (χ1v) is 10.1. The standard InChI is InChI=1S/C15H25F3N6O2S.HI/c1-19-14(21-5-2-7-23-10-6-20-12-23)22-11-13-3-8-24(9-4-13)27(25,26)15(16,17)18;/h6,10,12-13H,2-5,7-9,11H2,1H3,(H2,19,21,22);1H. The minimum Gasteiger partial charge on any atom is -0.356 e. The molecule has 2 rings (SSSR count). The summed E-state index contributed by atoms with van der Waals surface area (Å²) in [6.45, 7) is 1.83. The average Bonchev–Trinajstić information content (AvgIpc) is 3.14. The second-order valence-corrected chi connectivity index (χ2v) is 8.26. The summed E-state index contributed by atoms with van der Waals surface area (Å²) in [4.78, 5) is 8.08. The molecular formula is C15H26F3IN6O2S. The topological polar surface area (TPSA) is 91.6 Å². The fourth-order valence-electron chi connectivity index (χ4n) is 2.85. The zero-order chi connectivity index (χ0) is 19.9. The number of aromatic nitrogens is 2. The molecule has 2 heterocycles. The van der Waals surface area contributed by atoms with Gasteiger partial charge in [-0.1, -0.05) is 0 Å². The van der Waals surface area contributed by atoms with Gasteiger partial charge in [-0.25, -0.2) is 13.4 Å². The maximum absolute atomic E-state index is 12.6. The zero-order valence-electron chi connectivity index (χ0n) is 15.5. The number of nitrogens with zero attached hydrogens (tertiary/aromatic N) is 4. The number of nitrogens with one attached hydrogen (secondary N) is 2. The predicted octanol–water partition coefficient (Wildman–Crippen LogP) is 1.62. The summed E-state index contributed by atoms with van der Waals surface area (Å²) in [6, 6.07) is 0. The van der Waals surface area contributed by atoms with Crippen LogP contribution in [0.4, 0.5) is 13.2 Å². The number of rotatable bonds is 7. The normalized spacial score (nSPS) is 17.2. The number of piperidine rings is 1. The van der Waals surface area contributed by atoms with Gasteiger partial charge in [-0.3, -0.25) is 4.99 Å². The SMILES string of the molecule is CN=C(NCCCn1ccnc1)NCC1CCN(S(=O)(=O)C(F)(F)F)CC1.I. The molecule has 13 heteroatoms. The van der Waals surface area contributed by atoms with Crippen LogP contribution in [0.2, 0.25) is 0 Å². The van der Waals surface area contributed by atoms with E-state index in [0.29, 0.717) is 36.2 Å². The number of sulfonamides is 1. The van der Waals surface area contributed by atoms with E-state index in [1.165, 1.54) is 0 Å². The molecule has 1 aliphatic rings. The van der Waals surface area contributed by atoms with E-state index in [-0.39, 0.29) is 43.0 Å². The van der Waals surface area contributed by atoms with Crippen LogP contribution in [0, 0.1) is 5.92 Å². The molecule has 1 fully saturated rings. The van der Waals surface area contributed by atoms with Gasteiger partial charge in [0.2, 0.25) is 0 Å². The summed E-state index contributed by atoms with van der Waals surface area (Å²) in [6.07, 6.45) is 6.99. The lowest BCUT2D eigenvalue weighted by molar-refractivity contribution is -0.0496. The first-order valence-electron chi connectivity index (χ1n) is 8.70. The van der Waals surface area contributed by atoms with Crippen molar-refractivity contribution >= 4 is 40.0 Å². The molecule has 1 aromatic heterocycles. The van der Waals surface area contributed by atoms with Gasteiger partial charge < -0.3 is 15.2 Å². The largest absolute Gasteiger partial charge is 0.511 e. The lowest BCUT2D eigenvalue weighted by Gasteiger charge is -2.31. The lowest BCUT2D eigenvalue weighted by atomic mass is 9.98. The number of hydrogen-bond donors (Lipinski definition) is 2. The monoisotopic (exact) mass is 538 g/mol. The maximum Gasteiger partial charge on any atom is 0.511 e. The first kappa shape index (κ1) is 24.9. The van der Waals surface area contributed by atoms with Crippen molar-refractivity contribution in [3.05, 3.63) is 18.7 Å². The molecule has 0 bridgehead atoms. The Morgan fingerprint density at radius 2 is 1.96 bits per heavy atom. The third-order valence-electron chi connectivity index (χ3n) is 4.43. The third-order valence-corrected chi connectivity index (χ3v) is 6.06. The molecule has 0 aromatic carbocycles. The van der Waals surface area contributed by atoms with E-state index in [4.69, 9.17) is 0 Å². The molecule has 0 atom stereocenters. The summed E-state index contributed by atoms with van der Waals surface area (Å²) in [7, 11) is -3.58. The number of hydrogen-bond acceptors (Lipinski definition) is 4. The number of aliphatic imine (C=N–C) groups is 1. The van der Waals surface area contributed by atoms with Crippen molar-refractivity contribution in [1.29, 1.82) is 0 Å². The summed E-state index contributed by atoms with van der Waals surface area (Å²) in [5.74, 6) is 0.708. The molecular weight excluding hydrogens is 512 g/mol. The van der Waals surface area contributed by atoms with Crippen LogP contribution in [-0.4, -0.2) is 67.0 Å². The van der Waals surface area contributed by atoms with E-state index >= 15 is 0 Å². The average molecular weight is 538 g/mol. The second-order valence-electron chi connectivity index (χ2n) is 6.33. The fourth-order valence-corrected chi connectivity index (χ4v) is 3.83. The van der Waals surface area contributed by atoms with E-state index in [9.17, 15) is 21.6 Å². The summed E-state index contributed by atoms with van der Waals surface area (Å²) in [5, 5.41) is 6.32. The van der Waals surface area contributed by atoms with E-state index in [2.05, 4.69) is 20.6 Å². The molecule has 1 aromatic rings. The van der Waals surface area contributed by atoms with Crippen LogP contribution in [0.15, 0.2) is 23.7 Å². The quantitative estimate of drug-likeness (QED) is 0.239. The van der Waals surface area contributed by atoms with Crippen molar-refractivity contribution in [1.82, 2.24) is 24.5 Å². The smallest absolute Gasteiger partial charge is 0.356 e. The van der Waals surface area contributed by atoms with Gasteiger partial charge >= 0.3 is 15.5 Å². The van der Waals surface area contributed by atoms with Gasteiger partial charge in [0.15, 0.2) is 5.96 Å². The van der Waals surface area contributed by atoms with Crippen molar-refractivity contribution < 1.29 is 21.6 Å². The molecule has 0 unspecified atom stereocenters. The molecule has 1 aliphatic heterocycles. The van der Waals surface area contributed by atoms with Gasteiger partial charge in [-0.2, -0.15) is 17.5 Å². The van der Waals surface area contributed by atoms with Crippen molar-refractivity contribution in [2.45, 2.75) is 31.3 Å². The molecule has 1 saturated heterocycles. The number of aryl methyl sites for hydroxylation is 1. The Balaban J connectivity index is 0.00000392. The van der Waals surface area contributed by atoms with Gasteiger partial charge in [0.1, 0.15) is 0 Å². The van der Waals surface area contributed by atoms with E-state index in [0.717, 1.165) is 13.0 Å². The second kappa shape index (κ2) is 11.2. The maximum atomic E-state index is 12.6. The molecule has 8 nitrogen and oxygen atoms in total. The summed E-state index contributed by atoms with van der Waals surface area (Å²) >= 11 is 0. The lowest BCUT2D eigenvalue weighted by Crippen LogP contribution is -2.47. The summed E-state index contributed by atoms with van der Waals surface area (Å²) < 4.78 is 63.1. The van der Waals surface area contributed by atoms with Gasteiger partial charge in [-0.15, -0.1) is 24.0 Å². The molecule has 2 N–H and O–H groups in total. The molecule has 0 amide bonds. The highest BCUT2D eigenvalue weighted by Crippen LogP contribution is 2.30. The van der Waals surface area contributed by atoms with E-state index < -0.39 is 15.5 Å². The fraction of sp³-hybridized carbons (Fsp3) is 0.733. The number of halogens is 4. The molecule has 0 spiro atoms. The Kier molecular flexibility index (Phi) is 9.97. The Hall–Kier alpha value is -1.09. The summed E-state index contributed by atoms with van der Waals surface area (Å²) in [5.41, 5.74) is -5.24. The van der Waals surface area contributed by atoms with Crippen LogP contribution in [0.1, 0.15) is 19.3 Å². The van der Waals surface area contributed by atoms with Crippen molar-refractivity contribution in [3.63, 3.8) is 0 Å². The van der Waals surface area contributed by atoms with Crippen LogP contribution >= 0.6 is 24.0 Å². The highest BCUT2D eigenvalue weighted by Gasteiger charge is 2.50. The van der Waals surface area contributed by atoms with Crippen LogP contribution in [0.5, 0.6) is 0 Å². The highest BCUT2D eigenvalue weighted by atomic mass is 127. The Labute approximate surface area is 180 Å². The molecule has 162 valence electrons. The van der Waals surface area contributed by atoms with Gasteiger partial charge in [0.25, 0.3) is 0 Å². The van der Waals surface area contributed by atoms with Crippen LogP contribution < -0.4 is 10.6 Å². The third kappa shape index (κ3) is 7.06. The minimum absolute atomic E-state index is 0. The molecule has 0 saturated carbocycles. The van der Waals surface area contributed by atoms with Crippen molar-refractivity contribution in [2.24, 2.45) is 10.9 Å². The van der Waals surface area contributed by atoms with E-state index in [1.807, 2.05) is 10.8 Å². The van der Waals surface area contributed by atoms with Crippen molar-refractivity contribution in [2.75, 3.05) is 33.2 Å². The van der Waals surface area contributed by atoms with Gasteiger partial charge in [0.05, 0.1) is 6.33 Å². The molecule has 0 radical (unpaired) electrons. The Morgan fingerprint density at radius 3 is 2.50 bits per heavy atom. The van der Waals surface area contributed by atoms with Crippen LogP contribution in [0.25, 0.3) is 0 Å².